The van der Waals surface area contributed by atoms with Crippen molar-refractivity contribution in [2.75, 3.05) is 11.9 Å². The summed E-state index contributed by atoms with van der Waals surface area (Å²) in [5, 5.41) is 2.87. The monoisotopic (exact) mass is 360 g/mol. The van der Waals surface area contributed by atoms with Gasteiger partial charge in [-0.3, -0.25) is 9.78 Å². The standard InChI is InChI=1S/C22H20N2O3/c1-2-27-22(26)17-12-6-7-13-18(17)24-21(25)20(16-10-4-3-5-11-16)19-14-8-9-15-23-19/h3-15,20H,2H2,1H3,(H,24,25). The number of ether oxygens (including phenoxy) is 1. The molecule has 1 heterocycles. The normalized spacial score (nSPS) is 11.4. The molecule has 5 nitrogen and oxygen atoms in total. The van der Waals surface area contributed by atoms with Gasteiger partial charge in [-0.05, 0) is 36.8 Å². The van der Waals surface area contributed by atoms with Crippen LogP contribution in [0.1, 0.15) is 34.5 Å². The summed E-state index contributed by atoms with van der Waals surface area (Å²) in [6, 6.07) is 21.7. The topological polar surface area (TPSA) is 68.3 Å². The molecule has 0 aliphatic carbocycles. The Hall–Kier alpha value is -3.47. The lowest BCUT2D eigenvalue weighted by Gasteiger charge is -2.18. The van der Waals surface area contributed by atoms with E-state index in [2.05, 4.69) is 10.3 Å². The first-order chi connectivity index (χ1) is 13.2. The van der Waals surface area contributed by atoms with E-state index in [4.69, 9.17) is 4.74 Å². The van der Waals surface area contributed by atoms with E-state index in [-0.39, 0.29) is 12.5 Å². The number of nitrogens with zero attached hydrogens (tertiary/aromatic N) is 1. The molecule has 27 heavy (non-hydrogen) atoms. The molecule has 136 valence electrons. The summed E-state index contributed by atoms with van der Waals surface area (Å²) in [6.45, 7) is 2.01. The molecule has 3 rings (SSSR count). The van der Waals surface area contributed by atoms with Crippen molar-refractivity contribution >= 4 is 17.6 Å². The van der Waals surface area contributed by atoms with Gasteiger partial charge in [0.2, 0.25) is 5.91 Å². The Bertz CT molecular complexity index is 872. The van der Waals surface area contributed by atoms with Crippen LogP contribution < -0.4 is 5.32 Å². The van der Waals surface area contributed by atoms with Crippen LogP contribution in [0.2, 0.25) is 0 Å². The van der Waals surface area contributed by atoms with Gasteiger partial charge in [-0.1, -0.05) is 48.5 Å². The van der Waals surface area contributed by atoms with Crippen molar-refractivity contribution in [2.45, 2.75) is 12.8 Å². The van der Waals surface area contributed by atoms with Crippen molar-refractivity contribution in [1.82, 2.24) is 4.98 Å². The number of pyridine rings is 1. The summed E-state index contributed by atoms with van der Waals surface area (Å²) in [7, 11) is 0. The smallest absolute Gasteiger partial charge is 0.340 e. The number of amides is 1. The fourth-order valence-electron chi connectivity index (χ4n) is 2.83. The highest BCUT2D eigenvalue weighted by Crippen LogP contribution is 2.26. The van der Waals surface area contributed by atoms with E-state index in [0.29, 0.717) is 16.9 Å². The van der Waals surface area contributed by atoms with Gasteiger partial charge in [-0.2, -0.15) is 0 Å². The maximum atomic E-state index is 13.1. The number of anilines is 1. The van der Waals surface area contributed by atoms with Crippen molar-refractivity contribution < 1.29 is 14.3 Å². The third-order valence-electron chi connectivity index (χ3n) is 4.06. The lowest BCUT2D eigenvalue weighted by Crippen LogP contribution is -2.24. The van der Waals surface area contributed by atoms with Gasteiger partial charge in [0.1, 0.15) is 5.92 Å². The first-order valence-corrected chi connectivity index (χ1v) is 8.73. The van der Waals surface area contributed by atoms with Crippen LogP contribution in [-0.4, -0.2) is 23.5 Å². The van der Waals surface area contributed by atoms with Crippen molar-refractivity contribution in [1.29, 1.82) is 0 Å². The van der Waals surface area contributed by atoms with Crippen LogP contribution in [0, 0.1) is 0 Å². The largest absolute Gasteiger partial charge is 0.462 e. The quantitative estimate of drug-likeness (QED) is 0.674. The second-order valence-electron chi connectivity index (χ2n) is 5.85. The lowest BCUT2D eigenvalue weighted by molar-refractivity contribution is -0.116. The number of aromatic nitrogens is 1. The van der Waals surface area contributed by atoms with Crippen LogP contribution in [0.25, 0.3) is 0 Å². The van der Waals surface area contributed by atoms with Crippen LogP contribution in [0.5, 0.6) is 0 Å². The zero-order chi connectivity index (χ0) is 19.1. The zero-order valence-electron chi connectivity index (χ0n) is 15.0. The van der Waals surface area contributed by atoms with Crippen LogP contribution in [0.3, 0.4) is 0 Å². The van der Waals surface area contributed by atoms with Crippen LogP contribution >= 0.6 is 0 Å². The molecule has 1 unspecified atom stereocenters. The SMILES string of the molecule is CCOC(=O)c1ccccc1NC(=O)C(c1ccccc1)c1ccccn1. The molecule has 0 bridgehead atoms. The molecule has 0 saturated carbocycles. The molecule has 2 aromatic carbocycles. The third-order valence-corrected chi connectivity index (χ3v) is 4.06. The molecule has 1 amide bonds. The number of esters is 1. The summed E-state index contributed by atoms with van der Waals surface area (Å²) < 4.78 is 5.08. The van der Waals surface area contributed by atoms with E-state index in [1.165, 1.54) is 0 Å². The average Bonchev–Trinajstić information content (AvgIpc) is 2.70. The molecule has 0 aliphatic heterocycles. The number of rotatable bonds is 6. The van der Waals surface area contributed by atoms with E-state index < -0.39 is 11.9 Å². The van der Waals surface area contributed by atoms with Gasteiger partial charge < -0.3 is 10.1 Å². The van der Waals surface area contributed by atoms with Gasteiger partial charge in [0.25, 0.3) is 0 Å². The van der Waals surface area contributed by atoms with Gasteiger partial charge in [-0.15, -0.1) is 0 Å². The van der Waals surface area contributed by atoms with Crippen LogP contribution in [-0.2, 0) is 9.53 Å². The van der Waals surface area contributed by atoms with E-state index in [1.54, 1.807) is 43.5 Å². The molecule has 0 aliphatic rings. The maximum Gasteiger partial charge on any atom is 0.340 e. The van der Waals surface area contributed by atoms with Crippen molar-refractivity contribution in [3.05, 3.63) is 95.8 Å². The Kier molecular flexibility index (Phi) is 5.94. The molecule has 3 aromatic rings. The maximum absolute atomic E-state index is 13.1. The number of hydrogen-bond donors (Lipinski definition) is 1. The van der Waals surface area contributed by atoms with Crippen molar-refractivity contribution in [3.8, 4) is 0 Å². The number of para-hydroxylation sites is 1. The van der Waals surface area contributed by atoms with Crippen molar-refractivity contribution in [2.24, 2.45) is 0 Å². The molecule has 0 radical (unpaired) electrons. The van der Waals surface area contributed by atoms with Gasteiger partial charge >= 0.3 is 5.97 Å². The number of carbonyl (C=O) groups excluding carboxylic acids is 2. The summed E-state index contributed by atoms with van der Waals surface area (Å²) >= 11 is 0. The highest BCUT2D eigenvalue weighted by Gasteiger charge is 2.25. The Labute approximate surface area is 158 Å². The molecular weight excluding hydrogens is 340 g/mol. The number of carbonyl (C=O) groups is 2. The number of hydrogen-bond acceptors (Lipinski definition) is 4. The van der Waals surface area contributed by atoms with Gasteiger partial charge in [0.15, 0.2) is 0 Å². The average molecular weight is 360 g/mol. The Morgan fingerprint density at radius 2 is 1.67 bits per heavy atom. The number of benzene rings is 2. The predicted molar refractivity (Wildman–Crippen MR) is 104 cm³/mol. The second kappa shape index (κ2) is 8.76. The molecule has 1 N–H and O–H groups in total. The van der Waals surface area contributed by atoms with Gasteiger partial charge in [-0.25, -0.2) is 4.79 Å². The summed E-state index contributed by atoms with van der Waals surface area (Å²) in [6.07, 6.45) is 1.66. The summed E-state index contributed by atoms with van der Waals surface area (Å²) in [4.78, 5) is 29.7. The summed E-state index contributed by atoms with van der Waals surface area (Å²) in [5.74, 6) is -1.33. The first kappa shape index (κ1) is 18.3. The van der Waals surface area contributed by atoms with Crippen molar-refractivity contribution in [3.63, 3.8) is 0 Å². The second-order valence-corrected chi connectivity index (χ2v) is 5.85. The predicted octanol–water partition coefficient (Wildman–Crippen LogP) is 4.03. The van der Waals surface area contributed by atoms with Crippen LogP contribution in [0.4, 0.5) is 5.69 Å². The third kappa shape index (κ3) is 4.39. The Balaban J connectivity index is 1.94. The van der Waals surface area contributed by atoms with Crippen LogP contribution in [0.15, 0.2) is 79.0 Å². The molecule has 0 saturated heterocycles. The Morgan fingerprint density at radius 1 is 0.963 bits per heavy atom. The zero-order valence-corrected chi connectivity index (χ0v) is 15.0. The molecule has 1 atom stereocenters. The molecule has 5 heteroatoms. The van der Waals surface area contributed by atoms with E-state index in [1.807, 2.05) is 42.5 Å². The minimum Gasteiger partial charge on any atom is -0.462 e. The highest BCUT2D eigenvalue weighted by atomic mass is 16.5. The Morgan fingerprint density at radius 3 is 2.37 bits per heavy atom. The number of nitrogens with one attached hydrogen (secondary N) is 1. The fraction of sp³-hybridized carbons (Fsp3) is 0.136. The fourth-order valence-corrected chi connectivity index (χ4v) is 2.83. The molecular formula is C22H20N2O3. The highest BCUT2D eigenvalue weighted by molar-refractivity contribution is 6.04. The summed E-state index contributed by atoms with van der Waals surface area (Å²) in [5.41, 5.74) is 2.19. The minimum absolute atomic E-state index is 0.266. The van der Waals surface area contributed by atoms with Gasteiger partial charge in [0.05, 0.1) is 23.6 Å². The molecule has 0 spiro atoms. The molecule has 1 aromatic heterocycles. The first-order valence-electron chi connectivity index (χ1n) is 8.73. The van der Waals surface area contributed by atoms with E-state index in [9.17, 15) is 9.59 Å². The molecule has 0 fully saturated rings. The van der Waals surface area contributed by atoms with E-state index in [0.717, 1.165) is 5.56 Å². The van der Waals surface area contributed by atoms with Gasteiger partial charge in [0, 0.05) is 6.20 Å². The van der Waals surface area contributed by atoms with E-state index >= 15 is 0 Å². The minimum atomic E-state index is -0.595. The lowest BCUT2D eigenvalue weighted by atomic mass is 9.94.